The fourth-order valence-corrected chi connectivity index (χ4v) is 3.96. The van der Waals surface area contributed by atoms with E-state index in [0.717, 1.165) is 11.4 Å². The van der Waals surface area contributed by atoms with E-state index in [0.29, 0.717) is 12.5 Å². The number of hydrogen-bond acceptors (Lipinski definition) is 3. The third-order valence-corrected chi connectivity index (χ3v) is 5.25. The maximum atomic E-state index is 5.65. The Balaban J connectivity index is 1.97. The second kappa shape index (κ2) is 5.87. The molecule has 1 saturated carbocycles. The van der Waals surface area contributed by atoms with E-state index < -0.39 is 0 Å². The molecule has 4 nitrogen and oxygen atoms in total. The lowest BCUT2D eigenvalue weighted by molar-refractivity contribution is 0.340. The molecule has 4 rings (SSSR count). The molecule has 25 heavy (non-hydrogen) atoms. The Hall–Kier alpha value is -2.36. The Morgan fingerprint density at radius 1 is 1.04 bits per heavy atom. The van der Waals surface area contributed by atoms with E-state index in [1.165, 1.54) is 51.9 Å². The summed E-state index contributed by atoms with van der Waals surface area (Å²) in [4.78, 5) is 0. The van der Waals surface area contributed by atoms with Crippen molar-refractivity contribution in [1.29, 1.82) is 0 Å². The molecule has 0 atom stereocenters. The fourth-order valence-electron chi connectivity index (χ4n) is 3.96. The lowest BCUT2D eigenvalue weighted by Crippen LogP contribution is -2.02. The Labute approximate surface area is 148 Å². The van der Waals surface area contributed by atoms with Gasteiger partial charge in [-0.25, -0.2) is 0 Å². The van der Waals surface area contributed by atoms with Gasteiger partial charge < -0.3 is 9.30 Å². The topological polar surface area (TPSA) is 39.9 Å². The Kier molecular flexibility index (Phi) is 3.78. The summed E-state index contributed by atoms with van der Waals surface area (Å²) in [5.41, 5.74) is 7.12. The van der Waals surface area contributed by atoms with Gasteiger partial charge in [-0.15, -0.1) is 0 Å². The van der Waals surface area contributed by atoms with Gasteiger partial charge in [-0.3, -0.25) is 0 Å². The molecule has 1 fully saturated rings. The molecule has 1 aliphatic carbocycles. The lowest BCUT2D eigenvalue weighted by Gasteiger charge is -2.14. The van der Waals surface area contributed by atoms with Gasteiger partial charge in [0, 0.05) is 33.8 Å². The minimum absolute atomic E-state index is 0.589. The molecular formula is C21H25N3O. The van der Waals surface area contributed by atoms with Crippen LogP contribution in [0.3, 0.4) is 0 Å². The van der Waals surface area contributed by atoms with Crippen molar-refractivity contribution in [2.24, 2.45) is 0 Å². The van der Waals surface area contributed by atoms with Crippen LogP contribution in [0.15, 0.2) is 18.2 Å². The highest BCUT2D eigenvalue weighted by molar-refractivity contribution is 5.93. The van der Waals surface area contributed by atoms with Gasteiger partial charge in [-0.1, -0.05) is 0 Å². The Morgan fingerprint density at radius 2 is 1.76 bits per heavy atom. The van der Waals surface area contributed by atoms with Crippen molar-refractivity contribution in [3.8, 4) is 11.4 Å². The zero-order valence-electron chi connectivity index (χ0n) is 15.7. The number of nitrogens with zero attached hydrogens (tertiary/aromatic N) is 3. The first kappa shape index (κ1) is 16.1. The fraction of sp³-hybridized carbons (Fsp3) is 0.429. The van der Waals surface area contributed by atoms with E-state index in [-0.39, 0.29) is 0 Å². The summed E-state index contributed by atoms with van der Waals surface area (Å²) in [5.74, 6) is 1.51. The average molecular weight is 335 g/mol. The maximum absolute atomic E-state index is 5.65. The molecule has 130 valence electrons. The van der Waals surface area contributed by atoms with Crippen LogP contribution in [-0.2, 0) is 0 Å². The first-order valence-corrected chi connectivity index (χ1v) is 9.11. The largest absolute Gasteiger partial charge is 0.494 e. The van der Waals surface area contributed by atoms with Crippen LogP contribution in [0.25, 0.3) is 16.5 Å². The molecule has 4 heteroatoms. The minimum atomic E-state index is 0.589. The van der Waals surface area contributed by atoms with Crippen LogP contribution < -0.4 is 4.74 Å². The standard InChI is InChI=1S/C21H25N3O/c1-6-25-17-9-10-18(12(2)11-17)24-14(4)19-13(3)22-23-21(16-7-8-16)20(19)15(24)5/h9-11,16H,6-8H2,1-5H3. The monoisotopic (exact) mass is 335 g/mol. The van der Waals surface area contributed by atoms with Gasteiger partial charge in [0.1, 0.15) is 5.75 Å². The van der Waals surface area contributed by atoms with Crippen LogP contribution in [0.4, 0.5) is 0 Å². The summed E-state index contributed by atoms with van der Waals surface area (Å²) in [6.07, 6.45) is 2.47. The quantitative estimate of drug-likeness (QED) is 0.678. The predicted molar refractivity (Wildman–Crippen MR) is 101 cm³/mol. The van der Waals surface area contributed by atoms with Crippen molar-refractivity contribution < 1.29 is 4.74 Å². The van der Waals surface area contributed by atoms with Crippen molar-refractivity contribution >= 4 is 10.8 Å². The van der Waals surface area contributed by atoms with Crippen LogP contribution in [0, 0.1) is 27.7 Å². The summed E-state index contributed by atoms with van der Waals surface area (Å²) in [7, 11) is 0. The summed E-state index contributed by atoms with van der Waals surface area (Å²) >= 11 is 0. The maximum Gasteiger partial charge on any atom is 0.119 e. The first-order valence-electron chi connectivity index (χ1n) is 9.11. The highest BCUT2D eigenvalue weighted by Gasteiger charge is 2.30. The molecule has 3 aromatic rings. The summed E-state index contributed by atoms with van der Waals surface area (Å²) in [5, 5.41) is 11.6. The molecule has 0 bridgehead atoms. The van der Waals surface area contributed by atoms with Crippen molar-refractivity contribution in [2.45, 2.75) is 53.4 Å². The van der Waals surface area contributed by atoms with Crippen LogP contribution in [-0.4, -0.2) is 21.4 Å². The SMILES string of the molecule is CCOc1ccc(-n2c(C)c3c(C)nnc(C4CC4)c3c2C)c(C)c1. The van der Waals surface area contributed by atoms with Crippen LogP contribution >= 0.6 is 0 Å². The van der Waals surface area contributed by atoms with Crippen molar-refractivity contribution in [3.63, 3.8) is 0 Å². The van der Waals surface area contributed by atoms with E-state index in [9.17, 15) is 0 Å². The zero-order chi connectivity index (χ0) is 17.7. The third kappa shape index (κ3) is 2.51. The van der Waals surface area contributed by atoms with Gasteiger partial charge in [0.05, 0.1) is 18.0 Å². The van der Waals surface area contributed by atoms with Crippen molar-refractivity contribution in [1.82, 2.24) is 14.8 Å². The number of fused-ring (bicyclic) bond motifs is 1. The molecule has 0 N–H and O–H groups in total. The smallest absolute Gasteiger partial charge is 0.119 e. The Morgan fingerprint density at radius 3 is 2.40 bits per heavy atom. The molecule has 0 unspecified atom stereocenters. The van der Waals surface area contributed by atoms with E-state index in [1.807, 2.05) is 6.92 Å². The highest BCUT2D eigenvalue weighted by Crippen LogP contribution is 2.44. The molecule has 0 saturated heterocycles. The lowest BCUT2D eigenvalue weighted by atomic mass is 10.1. The molecule has 1 aliphatic rings. The van der Waals surface area contributed by atoms with Gasteiger partial charge >= 0.3 is 0 Å². The second-order valence-electron chi connectivity index (χ2n) is 7.08. The molecule has 2 aromatic heterocycles. The average Bonchev–Trinajstić information content (AvgIpc) is 3.37. The van der Waals surface area contributed by atoms with E-state index >= 15 is 0 Å². The summed E-state index contributed by atoms with van der Waals surface area (Å²) < 4.78 is 8.00. The number of hydrogen-bond donors (Lipinski definition) is 0. The van der Waals surface area contributed by atoms with Crippen molar-refractivity contribution in [3.05, 3.63) is 46.5 Å². The first-order chi connectivity index (χ1) is 12.0. The molecule has 1 aromatic carbocycles. The summed E-state index contributed by atoms with van der Waals surface area (Å²) in [6.45, 7) is 11.3. The molecule has 0 aliphatic heterocycles. The molecule has 0 spiro atoms. The molecular weight excluding hydrogens is 310 g/mol. The normalized spacial score (nSPS) is 14.3. The number of rotatable bonds is 4. The van der Waals surface area contributed by atoms with Crippen molar-refractivity contribution in [2.75, 3.05) is 6.61 Å². The number of benzene rings is 1. The predicted octanol–water partition coefficient (Wildman–Crippen LogP) is 4.93. The molecule has 0 radical (unpaired) electrons. The number of aromatic nitrogens is 3. The van der Waals surface area contributed by atoms with E-state index in [4.69, 9.17) is 4.74 Å². The second-order valence-corrected chi connectivity index (χ2v) is 7.08. The van der Waals surface area contributed by atoms with E-state index in [1.54, 1.807) is 0 Å². The van der Waals surface area contributed by atoms with Crippen LogP contribution in [0.5, 0.6) is 5.75 Å². The van der Waals surface area contributed by atoms with Crippen LogP contribution in [0.1, 0.15) is 54.0 Å². The zero-order valence-corrected chi connectivity index (χ0v) is 15.7. The van der Waals surface area contributed by atoms with E-state index in [2.05, 4.69) is 60.7 Å². The molecule has 2 heterocycles. The van der Waals surface area contributed by atoms with Gasteiger partial charge in [-0.05, 0) is 71.2 Å². The number of ether oxygens (including phenoxy) is 1. The van der Waals surface area contributed by atoms with Gasteiger partial charge in [0.15, 0.2) is 0 Å². The van der Waals surface area contributed by atoms with Crippen LogP contribution in [0.2, 0.25) is 0 Å². The highest BCUT2D eigenvalue weighted by atomic mass is 16.5. The minimum Gasteiger partial charge on any atom is -0.494 e. The van der Waals surface area contributed by atoms with Gasteiger partial charge in [0.2, 0.25) is 0 Å². The Bertz CT molecular complexity index is 967. The number of aryl methyl sites for hydroxylation is 4. The van der Waals surface area contributed by atoms with Gasteiger partial charge in [0.25, 0.3) is 0 Å². The summed E-state index contributed by atoms with van der Waals surface area (Å²) in [6, 6.07) is 6.33. The molecule has 0 amide bonds. The third-order valence-electron chi connectivity index (χ3n) is 5.25. The van der Waals surface area contributed by atoms with Gasteiger partial charge in [-0.2, -0.15) is 10.2 Å².